The van der Waals surface area contributed by atoms with Crippen LogP contribution in [0.4, 0.5) is 5.95 Å². The van der Waals surface area contributed by atoms with Crippen molar-refractivity contribution in [1.82, 2.24) is 19.9 Å². The number of hydrogen-bond donors (Lipinski definition) is 1. The van der Waals surface area contributed by atoms with Gasteiger partial charge < -0.3 is 5.73 Å². The van der Waals surface area contributed by atoms with Crippen LogP contribution in [0.5, 0.6) is 0 Å². The van der Waals surface area contributed by atoms with Crippen molar-refractivity contribution in [2.24, 2.45) is 0 Å². The lowest BCUT2D eigenvalue weighted by molar-refractivity contribution is 0.555. The molecule has 0 spiro atoms. The molecule has 0 bridgehead atoms. The van der Waals surface area contributed by atoms with Gasteiger partial charge in [0.25, 0.3) is 0 Å². The second-order valence-corrected chi connectivity index (χ2v) is 5.65. The first kappa shape index (κ1) is 13.9. The van der Waals surface area contributed by atoms with Crippen LogP contribution in [-0.2, 0) is 6.42 Å². The lowest BCUT2D eigenvalue weighted by atomic mass is 9.99. The molecular weight excluding hydrogens is 262 g/mol. The molecule has 2 aromatic heterocycles. The minimum Gasteiger partial charge on any atom is -0.368 e. The molecule has 1 aliphatic carbocycles. The molecule has 0 unspecified atom stereocenters. The molecule has 2 aromatic rings. The highest BCUT2D eigenvalue weighted by Crippen LogP contribution is 2.29. The molecular formula is C16H21N5. The van der Waals surface area contributed by atoms with Gasteiger partial charge in [0.15, 0.2) is 0 Å². The quantitative estimate of drug-likeness (QED) is 0.876. The fourth-order valence-electron chi connectivity index (χ4n) is 2.92. The van der Waals surface area contributed by atoms with Crippen LogP contribution >= 0.6 is 0 Å². The molecule has 0 radical (unpaired) electrons. The Bertz CT molecular complexity index is 576. The second-order valence-electron chi connectivity index (χ2n) is 5.65. The average molecular weight is 283 g/mol. The maximum absolute atomic E-state index is 5.88. The summed E-state index contributed by atoms with van der Waals surface area (Å²) in [5, 5.41) is 0. The van der Waals surface area contributed by atoms with Gasteiger partial charge in [0.1, 0.15) is 11.6 Å². The molecule has 0 aliphatic heterocycles. The lowest BCUT2D eigenvalue weighted by Gasteiger charge is -2.13. The van der Waals surface area contributed by atoms with Crippen molar-refractivity contribution in [3.63, 3.8) is 0 Å². The van der Waals surface area contributed by atoms with E-state index in [0.29, 0.717) is 18.3 Å². The summed E-state index contributed by atoms with van der Waals surface area (Å²) in [7, 11) is 0. The summed E-state index contributed by atoms with van der Waals surface area (Å²) < 4.78 is 0. The van der Waals surface area contributed by atoms with Gasteiger partial charge in [-0.25, -0.2) is 4.98 Å². The third kappa shape index (κ3) is 3.74. The molecule has 3 rings (SSSR count). The van der Waals surface area contributed by atoms with E-state index in [2.05, 4.69) is 19.9 Å². The van der Waals surface area contributed by atoms with Crippen LogP contribution in [-0.4, -0.2) is 19.9 Å². The maximum Gasteiger partial charge on any atom is 0.223 e. The Kier molecular flexibility index (Phi) is 4.38. The van der Waals surface area contributed by atoms with Crippen molar-refractivity contribution in [1.29, 1.82) is 0 Å². The molecule has 0 aromatic carbocycles. The van der Waals surface area contributed by atoms with E-state index in [0.717, 1.165) is 30.2 Å². The molecule has 0 saturated heterocycles. The van der Waals surface area contributed by atoms with Gasteiger partial charge in [0, 0.05) is 17.8 Å². The highest BCUT2D eigenvalue weighted by atomic mass is 15.1. The van der Waals surface area contributed by atoms with Gasteiger partial charge in [-0.2, -0.15) is 9.97 Å². The summed E-state index contributed by atoms with van der Waals surface area (Å²) in [5.74, 6) is 2.35. The Balaban J connectivity index is 1.82. The number of nitrogens with two attached hydrogens (primary N) is 1. The fraction of sp³-hybridized carbons (Fsp3) is 0.500. The zero-order valence-corrected chi connectivity index (χ0v) is 12.2. The van der Waals surface area contributed by atoms with E-state index in [-0.39, 0.29) is 0 Å². The highest BCUT2D eigenvalue weighted by Gasteiger charge is 2.18. The number of pyridine rings is 1. The first-order valence-corrected chi connectivity index (χ1v) is 7.71. The maximum atomic E-state index is 5.88. The van der Waals surface area contributed by atoms with Gasteiger partial charge in [-0.05, 0) is 25.0 Å². The van der Waals surface area contributed by atoms with Crippen molar-refractivity contribution in [2.45, 2.75) is 50.9 Å². The largest absolute Gasteiger partial charge is 0.368 e. The minimum absolute atomic E-state index is 0.329. The fourth-order valence-corrected chi connectivity index (χ4v) is 2.92. The van der Waals surface area contributed by atoms with Crippen LogP contribution in [0.3, 0.4) is 0 Å². The van der Waals surface area contributed by atoms with E-state index in [1.165, 1.54) is 25.7 Å². The first-order chi connectivity index (χ1) is 10.3. The summed E-state index contributed by atoms with van der Waals surface area (Å²) in [4.78, 5) is 17.6. The topological polar surface area (TPSA) is 77.6 Å². The van der Waals surface area contributed by atoms with Crippen LogP contribution in [0.1, 0.15) is 61.8 Å². The predicted molar refractivity (Wildman–Crippen MR) is 81.7 cm³/mol. The Labute approximate surface area is 125 Å². The van der Waals surface area contributed by atoms with E-state index in [1.54, 1.807) is 6.20 Å². The smallest absolute Gasteiger partial charge is 0.223 e. The summed E-state index contributed by atoms with van der Waals surface area (Å²) >= 11 is 0. The summed E-state index contributed by atoms with van der Waals surface area (Å²) in [6, 6.07) is 5.85. The summed E-state index contributed by atoms with van der Waals surface area (Å²) in [5.41, 5.74) is 6.83. The second kappa shape index (κ2) is 6.61. The van der Waals surface area contributed by atoms with Gasteiger partial charge in [-0.15, -0.1) is 0 Å². The highest BCUT2D eigenvalue weighted by molar-refractivity contribution is 5.20. The molecule has 5 heteroatoms. The van der Waals surface area contributed by atoms with Gasteiger partial charge >= 0.3 is 0 Å². The molecule has 2 N–H and O–H groups in total. The first-order valence-electron chi connectivity index (χ1n) is 7.71. The van der Waals surface area contributed by atoms with Crippen LogP contribution in [0, 0.1) is 0 Å². The number of aromatic nitrogens is 4. The number of hydrogen-bond acceptors (Lipinski definition) is 5. The van der Waals surface area contributed by atoms with Crippen LogP contribution in [0.25, 0.3) is 0 Å². The van der Waals surface area contributed by atoms with Crippen LogP contribution < -0.4 is 5.73 Å². The molecule has 0 amide bonds. The third-order valence-corrected chi connectivity index (χ3v) is 4.00. The number of anilines is 1. The Morgan fingerprint density at radius 3 is 2.52 bits per heavy atom. The molecule has 1 saturated carbocycles. The van der Waals surface area contributed by atoms with E-state index in [9.17, 15) is 0 Å². The van der Waals surface area contributed by atoms with Gasteiger partial charge in [-0.3, -0.25) is 4.98 Å². The zero-order valence-electron chi connectivity index (χ0n) is 12.2. The Hall–Kier alpha value is -2.04. The van der Waals surface area contributed by atoms with E-state index in [1.807, 2.05) is 18.2 Å². The average Bonchev–Trinajstić information content (AvgIpc) is 2.77. The monoisotopic (exact) mass is 283 g/mol. The molecule has 1 aliphatic rings. The van der Waals surface area contributed by atoms with E-state index < -0.39 is 0 Å². The molecule has 110 valence electrons. The van der Waals surface area contributed by atoms with Gasteiger partial charge in [-0.1, -0.05) is 31.7 Å². The molecule has 0 atom stereocenters. The van der Waals surface area contributed by atoms with Crippen molar-refractivity contribution in [3.05, 3.63) is 41.7 Å². The Morgan fingerprint density at radius 1 is 1.00 bits per heavy atom. The summed E-state index contributed by atoms with van der Waals surface area (Å²) in [6.07, 6.45) is 9.85. The third-order valence-electron chi connectivity index (χ3n) is 4.00. The van der Waals surface area contributed by atoms with Crippen molar-refractivity contribution in [2.75, 3.05) is 5.73 Å². The Morgan fingerprint density at radius 2 is 1.81 bits per heavy atom. The number of nitrogen functional groups attached to an aromatic ring is 1. The molecule has 21 heavy (non-hydrogen) atoms. The van der Waals surface area contributed by atoms with E-state index >= 15 is 0 Å². The standard InChI is InChI=1S/C16H21N5/c17-16-20-14(11-13-9-5-6-10-18-13)19-15(21-16)12-7-3-1-2-4-8-12/h5-6,9-10,12H,1-4,7-8,11H2,(H2,17,19,20,21). The van der Waals surface area contributed by atoms with Gasteiger partial charge in [0.05, 0.1) is 6.42 Å². The molecule has 5 nitrogen and oxygen atoms in total. The van der Waals surface area contributed by atoms with Crippen LogP contribution in [0.2, 0.25) is 0 Å². The normalized spacial score (nSPS) is 16.6. The SMILES string of the molecule is Nc1nc(Cc2ccccn2)nc(C2CCCCCC2)n1. The predicted octanol–water partition coefficient (Wildman–Crippen LogP) is 2.88. The van der Waals surface area contributed by atoms with Crippen molar-refractivity contribution < 1.29 is 0 Å². The molecule has 1 fully saturated rings. The van der Waals surface area contributed by atoms with Crippen molar-refractivity contribution >= 4 is 5.95 Å². The molecule has 2 heterocycles. The zero-order chi connectivity index (χ0) is 14.5. The van der Waals surface area contributed by atoms with Crippen molar-refractivity contribution in [3.8, 4) is 0 Å². The summed E-state index contributed by atoms with van der Waals surface area (Å²) in [6.45, 7) is 0. The number of nitrogens with zero attached hydrogens (tertiary/aromatic N) is 4. The van der Waals surface area contributed by atoms with E-state index in [4.69, 9.17) is 5.73 Å². The number of rotatable bonds is 3. The lowest BCUT2D eigenvalue weighted by Crippen LogP contribution is -2.11. The minimum atomic E-state index is 0.329. The van der Waals surface area contributed by atoms with Gasteiger partial charge in [0.2, 0.25) is 5.95 Å². The van der Waals surface area contributed by atoms with Crippen LogP contribution in [0.15, 0.2) is 24.4 Å².